The largest absolute Gasteiger partial charge is 0.491 e. The Kier molecular flexibility index (Phi) is 6.04. The molecule has 1 saturated heterocycles. The summed E-state index contributed by atoms with van der Waals surface area (Å²) in [6, 6.07) is 17.4. The van der Waals surface area contributed by atoms with Gasteiger partial charge in [0.2, 0.25) is 0 Å². The fourth-order valence-corrected chi connectivity index (χ4v) is 3.03. The average molecular weight is 340 g/mol. The van der Waals surface area contributed by atoms with Crippen LogP contribution >= 0.6 is 0 Å². The van der Waals surface area contributed by atoms with Gasteiger partial charge in [-0.1, -0.05) is 30.3 Å². The van der Waals surface area contributed by atoms with E-state index >= 15 is 0 Å². The fraction of sp³-hybridized carbons (Fsp3) is 0.350. The molecule has 3 rings (SSSR count). The van der Waals surface area contributed by atoms with Crippen molar-refractivity contribution in [3.05, 3.63) is 65.7 Å². The number of piperazine rings is 1. The number of carbonyl (C=O) groups excluding carboxylic acids is 1. The molecule has 1 amide bonds. The maximum absolute atomic E-state index is 12.5. The van der Waals surface area contributed by atoms with E-state index in [0.29, 0.717) is 6.61 Å². The molecular weight excluding hydrogens is 316 g/mol. The lowest BCUT2D eigenvalue weighted by atomic mass is 10.1. The van der Waals surface area contributed by atoms with Gasteiger partial charge < -0.3 is 14.7 Å². The highest BCUT2D eigenvalue weighted by atomic mass is 16.5. The number of aliphatic hydroxyl groups excluding tert-OH is 1. The topological polar surface area (TPSA) is 53.0 Å². The summed E-state index contributed by atoms with van der Waals surface area (Å²) in [5, 5.41) is 8.84. The Bertz CT molecular complexity index is 682. The SMILES string of the molecule is O=C(c1ccccc1)N1CCN(Cc2cccc(OCCO)c2)CC1. The van der Waals surface area contributed by atoms with Gasteiger partial charge in [0.25, 0.3) is 5.91 Å². The lowest BCUT2D eigenvalue weighted by Crippen LogP contribution is -2.48. The smallest absolute Gasteiger partial charge is 0.253 e. The Morgan fingerprint density at radius 3 is 2.48 bits per heavy atom. The van der Waals surface area contributed by atoms with Crippen molar-refractivity contribution in [1.82, 2.24) is 9.80 Å². The van der Waals surface area contributed by atoms with E-state index in [1.165, 1.54) is 5.56 Å². The van der Waals surface area contributed by atoms with Crippen LogP contribution in [-0.2, 0) is 6.54 Å². The molecule has 0 aliphatic carbocycles. The van der Waals surface area contributed by atoms with Crippen LogP contribution in [0, 0.1) is 0 Å². The average Bonchev–Trinajstić information content (AvgIpc) is 2.67. The first-order chi connectivity index (χ1) is 12.3. The molecule has 5 nitrogen and oxygen atoms in total. The monoisotopic (exact) mass is 340 g/mol. The molecule has 0 bridgehead atoms. The Morgan fingerprint density at radius 2 is 1.76 bits per heavy atom. The standard InChI is InChI=1S/C20H24N2O3/c23-13-14-25-19-8-4-5-17(15-19)16-21-9-11-22(12-10-21)20(24)18-6-2-1-3-7-18/h1-8,15,23H,9-14,16H2. The van der Waals surface area contributed by atoms with Crippen LogP contribution in [0.1, 0.15) is 15.9 Å². The number of nitrogens with zero attached hydrogens (tertiary/aromatic N) is 2. The minimum absolute atomic E-state index is 0.0155. The fourth-order valence-electron chi connectivity index (χ4n) is 3.03. The summed E-state index contributed by atoms with van der Waals surface area (Å²) in [7, 11) is 0. The van der Waals surface area contributed by atoms with Crippen molar-refractivity contribution in [2.75, 3.05) is 39.4 Å². The van der Waals surface area contributed by atoms with Crippen LogP contribution < -0.4 is 4.74 Å². The summed E-state index contributed by atoms with van der Waals surface area (Å²) >= 11 is 0. The van der Waals surface area contributed by atoms with Crippen molar-refractivity contribution < 1.29 is 14.6 Å². The van der Waals surface area contributed by atoms with Crippen LogP contribution in [0.15, 0.2) is 54.6 Å². The van der Waals surface area contributed by atoms with Gasteiger partial charge in [-0.05, 0) is 29.8 Å². The van der Waals surface area contributed by atoms with Crippen LogP contribution in [0.2, 0.25) is 0 Å². The van der Waals surface area contributed by atoms with E-state index in [9.17, 15) is 4.79 Å². The number of ether oxygens (including phenoxy) is 1. The van der Waals surface area contributed by atoms with Crippen molar-refractivity contribution in [3.8, 4) is 5.75 Å². The van der Waals surface area contributed by atoms with E-state index in [2.05, 4.69) is 11.0 Å². The number of amides is 1. The van der Waals surface area contributed by atoms with Gasteiger partial charge in [-0.3, -0.25) is 9.69 Å². The van der Waals surface area contributed by atoms with Crippen LogP contribution in [0.25, 0.3) is 0 Å². The molecule has 0 saturated carbocycles. The normalized spacial score (nSPS) is 15.2. The minimum atomic E-state index is 0.0155. The summed E-state index contributed by atoms with van der Waals surface area (Å²) in [6.45, 7) is 4.37. The minimum Gasteiger partial charge on any atom is -0.491 e. The molecule has 0 unspecified atom stereocenters. The molecule has 1 aliphatic heterocycles. The predicted molar refractivity (Wildman–Crippen MR) is 96.6 cm³/mol. The van der Waals surface area contributed by atoms with Crippen molar-refractivity contribution in [2.45, 2.75) is 6.54 Å². The highest BCUT2D eigenvalue weighted by molar-refractivity contribution is 5.94. The zero-order valence-electron chi connectivity index (χ0n) is 14.3. The van der Waals surface area contributed by atoms with Crippen molar-refractivity contribution in [3.63, 3.8) is 0 Å². The molecule has 0 radical (unpaired) electrons. The van der Waals surface area contributed by atoms with Crippen LogP contribution in [0.4, 0.5) is 0 Å². The lowest BCUT2D eigenvalue weighted by Gasteiger charge is -2.34. The molecule has 1 aliphatic rings. The second-order valence-corrected chi connectivity index (χ2v) is 6.15. The molecule has 1 heterocycles. The zero-order valence-corrected chi connectivity index (χ0v) is 14.3. The number of benzene rings is 2. The second kappa shape index (κ2) is 8.65. The third-order valence-electron chi connectivity index (χ3n) is 4.34. The Morgan fingerprint density at radius 1 is 1.00 bits per heavy atom. The molecule has 2 aromatic carbocycles. The maximum atomic E-state index is 12.5. The molecule has 1 fully saturated rings. The van der Waals surface area contributed by atoms with Gasteiger partial charge in [-0.25, -0.2) is 0 Å². The summed E-state index contributed by atoms with van der Waals surface area (Å²) in [5.74, 6) is 0.893. The van der Waals surface area contributed by atoms with Gasteiger partial charge in [0.05, 0.1) is 6.61 Å². The summed E-state index contributed by atoms with van der Waals surface area (Å²) in [5.41, 5.74) is 1.93. The molecule has 25 heavy (non-hydrogen) atoms. The third-order valence-corrected chi connectivity index (χ3v) is 4.34. The first kappa shape index (κ1) is 17.5. The van der Waals surface area contributed by atoms with E-state index in [0.717, 1.165) is 44.0 Å². The van der Waals surface area contributed by atoms with E-state index in [4.69, 9.17) is 9.84 Å². The van der Waals surface area contributed by atoms with Gasteiger partial charge in [0.1, 0.15) is 12.4 Å². The highest BCUT2D eigenvalue weighted by Gasteiger charge is 2.22. The molecule has 2 aromatic rings. The van der Waals surface area contributed by atoms with Gasteiger partial charge >= 0.3 is 0 Å². The van der Waals surface area contributed by atoms with E-state index in [-0.39, 0.29) is 12.5 Å². The molecule has 0 atom stereocenters. The van der Waals surface area contributed by atoms with Crippen molar-refractivity contribution in [1.29, 1.82) is 0 Å². The van der Waals surface area contributed by atoms with E-state index in [1.807, 2.05) is 53.4 Å². The number of carbonyl (C=O) groups is 1. The van der Waals surface area contributed by atoms with Gasteiger partial charge in [-0.15, -0.1) is 0 Å². The molecular formula is C20H24N2O3. The first-order valence-corrected chi connectivity index (χ1v) is 8.65. The first-order valence-electron chi connectivity index (χ1n) is 8.65. The van der Waals surface area contributed by atoms with Gasteiger partial charge in [0, 0.05) is 38.3 Å². The molecule has 5 heteroatoms. The van der Waals surface area contributed by atoms with Gasteiger partial charge in [0.15, 0.2) is 0 Å². The second-order valence-electron chi connectivity index (χ2n) is 6.15. The molecule has 0 spiro atoms. The lowest BCUT2D eigenvalue weighted by molar-refractivity contribution is 0.0628. The van der Waals surface area contributed by atoms with Gasteiger partial charge in [-0.2, -0.15) is 0 Å². The van der Waals surface area contributed by atoms with Crippen LogP contribution in [0.5, 0.6) is 5.75 Å². The Labute approximate surface area is 148 Å². The molecule has 1 N–H and O–H groups in total. The number of hydrogen-bond acceptors (Lipinski definition) is 4. The predicted octanol–water partition coefficient (Wildman–Crippen LogP) is 2.02. The maximum Gasteiger partial charge on any atom is 0.253 e. The van der Waals surface area contributed by atoms with E-state index in [1.54, 1.807) is 0 Å². The number of hydrogen-bond donors (Lipinski definition) is 1. The number of aliphatic hydroxyl groups is 1. The van der Waals surface area contributed by atoms with Crippen molar-refractivity contribution in [2.24, 2.45) is 0 Å². The summed E-state index contributed by atoms with van der Waals surface area (Å²) in [6.07, 6.45) is 0. The highest BCUT2D eigenvalue weighted by Crippen LogP contribution is 2.16. The summed E-state index contributed by atoms with van der Waals surface area (Å²) < 4.78 is 5.46. The quantitative estimate of drug-likeness (QED) is 0.874. The number of rotatable bonds is 6. The van der Waals surface area contributed by atoms with Crippen LogP contribution in [0.3, 0.4) is 0 Å². The van der Waals surface area contributed by atoms with Crippen molar-refractivity contribution >= 4 is 5.91 Å². The molecule has 132 valence electrons. The molecule has 0 aromatic heterocycles. The summed E-state index contributed by atoms with van der Waals surface area (Å²) in [4.78, 5) is 16.8. The zero-order chi connectivity index (χ0) is 17.5. The van der Waals surface area contributed by atoms with E-state index < -0.39 is 0 Å². The Hall–Kier alpha value is -2.37. The van der Waals surface area contributed by atoms with Crippen LogP contribution in [-0.4, -0.2) is 60.2 Å². The Balaban J connectivity index is 1.52. The third kappa shape index (κ3) is 4.81.